The van der Waals surface area contributed by atoms with Gasteiger partial charge in [0.25, 0.3) is 0 Å². The topological polar surface area (TPSA) is 51.6 Å². The lowest BCUT2D eigenvalue weighted by Crippen LogP contribution is -2.18. The lowest BCUT2D eigenvalue weighted by molar-refractivity contribution is 0.0288. The van der Waals surface area contributed by atoms with Gasteiger partial charge in [-0.3, -0.25) is 4.98 Å². The maximum atomic E-state index is 9.90. The fourth-order valence-corrected chi connectivity index (χ4v) is 1.88. The molecule has 0 aliphatic carbocycles. The zero-order valence-corrected chi connectivity index (χ0v) is 11.5. The van der Waals surface area contributed by atoms with E-state index in [1.165, 1.54) is 0 Å². The Morgan fingerprint density at radius 2 is 1.75 bits per heavy atom. The maximum absolute atomic E-state index is 9.90. The van der Waals surface area contributed by atoms with Crippen LogP contribution in [0.15, 0.2) is 48.8 Å². The van der Waals surface area contributed by atoms with Crippen molar-refractivity contribution in [1.29, 1.82) is 0 Å². The molecule has 0 saturated heterocycles. The van der Waals surface area contributed by atoms with Crippen LogP contribution in [0.2, 0.25) is 0 Å². The molecule has 2 aromatic rings. The molecule has 0 radical (unpaired) electrons. The van der Waals surface area contributed by atoms with Crippen LogP contribution in [0.1, 0.15) is 11.1 Å². The Morgan fingerprint density at radius 1 is 1.05 bits per heavy atom. The van der Waals surface area contributed by atoms with Crippen LogP contribution in [0.3, 0.4) is 0 Å². The normalized spacial score (nSPS) is 12.1. The van der Waals surface area contributed by atoms with Gasteiger partial charge in [-0.2, -0.15) is 0 Å². The van der Waals surface area contributed by atoms with E-state index in [4.69, 9.17) is 9.47 Å². The minimum absolute atomic E-state index is 0.314. The Balaban J connectivity index is 1.72. The number of aliphatic hydroxyl groups excluding tert-OH is 1. The van der Waals surface area contributed by atoms with Gasteiger partial charge >= 0.3 is 0 Å². The first-order chi connectivity index (χ1) is 9.78. The van der Waals surface area contributed by atoms with Crippen molar-refractivity contribution in [1.82, 2.24) is 4.98 Å². The molecule has 4 nitrogen and oxygen atoms in total. The summed E-state index contributed by atoms with van der Waals surface area (Å²) in [6.07, 6.45) is 3.52. The quantitative estimate of drug-likeness (QED) is 0.840. The minimum atomic E-state index is -0.504. The molecular formula is C16H19NO3. The van der Waals surface area contributed by atoms with Crippen molar-refractivity contribution in [2.24, 2.45) is 0 Å². The van der Waals surface area contributed by atoms with Crippen LogP contribution in [0.25, 0.3) is 0 Å². The number of hydrogen-bond acceptors (Lipinski definition) is 4. The monoisotopic (exact) mass is 273 g/mol. The highest BCUT2D eigenvalue weighted by Gasteiger charge is 2.06. The summed E-state index contributed by atoms with van der Waals surface area (Å²) in [5.74, 6) is 0.825. The third-order valence-corrected chi connectivity index (χ3v) is 2.96. The Bertz CT molecular complexity index is 499. The average molecular weight is 273 g/mol. The van der Waals surface area contributed by atoms with Crippen LogP contribution in [-0.4, -0.2) is 29.9 Å². The van der Waals surface area contributed by atoms with Gasteiger partial charge in [-0.25, -0.2) is 0 Å². The molecule has 0 fully saturated rings. The molecule has 1 N–H and O–H groups in total. The number of aliphatic hydroxyl groups is 1. The van der Waals surface area contributed by atoms with Crippen molar-refractivity contribution in [3.63, 3.8) is 0 Å². The molecule has 1 aromatic heterocycles. The van der Waals surface area contributed by atoms with Gasteiger partial charge in [0, 0.05) is 18.8 Å². The lowest BCUT2D eigenvalue weighted by atomic mass is 10.1. The summed E-state index contributed by atoms with van der Waals surface area (Å²) in [7, 11) is 1.64. The highest BCUT2D eigenvalue weighted by molar-refractivity contribution is 5.26. The van der Waals surface area contributed by atoms with Crippen LogP contribution in [0.4, 0.5) is 0 Å². The molecule has 0 saturated carbocycles. The Kier molecular flexibility index (Phi) is 5.53. The van der Waals surface area contributed by atoms with E-state index < -0.39 is 6.10 Å². The van der Waals surface area contributed by atoms with Gasteiger partial charge in [-0.05, 0) is 35.4 Å². The molecule has 106 valence electrons. The fourth-order valence-electron chi connectivity index (χ4n) is 1.88. The molecule has 0 amide bonds. The van der Waals surface area contributed by atoms with Gasteiger partial charge in [0.05, 0.1) is 26.4 Å². The zero-order valence-electron chi connectivity index (χ0n) is 11.5. The molecule has 1 atom stereocenters. The number of benzene rings is 1. The van der Waals surface area contributed by atoms with E-state index in [1.807, 2.05) is 36.4 Å². The number of aromatic nitrogens is 1. The van der Waals surface area contributed by atoms with Crippen LogP contribution in [0, 0.1) is 0 Å². The fraction of sp³-hybridized carbons (Fsp3) is 0.312. The number of hydrogen-bond donors (Lipinski definition) is 1. The summed E-state index contributed by atoms with van der Waals surface area (Å²) in [4.78, 5) is 3.95. The Labute approximate surface area is 119 Å². The first-order valence-corrected chi connectivity index (χ1v) is 6.55. The number of nitrogens with zero attached hydrogens (tertiary/aromatic N) is 1. The van der Waals surface area contributed by atoms with E-state index in [0.717, 1.165) is 16.9 Å². The van der Waals surface area contributed by atoms with Gasteiger partial charge < -0.3 is 14.6 Å². The predicted octanol–water partition coefficient (Wildman–Crippen LogP) is 2.21. The van der Waals surface area contributed by atoms with Crippen molar-refractivity contribution >= 4 is 0 Å². The van der Waals surface area contributed by atoms with E-state index in [9.17, 15) is 5.11 Å². The number of rotatable bonds is 7. The summed E-state index contributed by atoms with van der Waals surface area (Å²) >= 11 is 0. The third-order valence-electron chi connectivity index (χ3n) is 2.96. The van der Waals surface area contributed by atoms with Crippen molar-refractivity contribution in [3.05, 3.63) is 59.9 Å². The third kappa shape index (κ3) is 4.64. The molecule has 0 bridgehead atoms. The maximum Gasteiger partial charge on any atom is 0.118 e. The van der Waals surface area contributed by atoms with E-state index in [2.05, 4.69) is 4.98 Å². The van der Waals surface area contributed by atoms with Gasteiger partial charge in [-0.15, -0.1) is 0 Å². The number of pyridine rings is 1. The second kappa shape index (κ2) is 7.62. The molecular weight excluding hydrogens is 254 g/mol. The number of methoxy groups -OCH3 is 1. The van der Waals surface area contributed by atoms with Gasteiger partial charge in [0.2, 0.25) is 0 Å². The molecule has 1 heterocycles. The summed E-state index contributed by atoms with van der Waals surface area (Å²) < 4.78 is 10.6. The van der Waals surface area contributed by atoms with Crippen molar-refractivity contribution in [2.75, 3.05) is 13.7 Å². The van der Waals surface area contributed by atoms with Crippen LogP contribution in [-0.2, 0) is 17.8 Å². The van der Waals surface area contributed by atoms with Crippen molar-refractivity contribution < 1.29 is 14.6 Å². The van der Waals surface area contributed by atoms with Crippen LogP contribution in [0.5, 0.6) is 5.75 Å². The highest BCUT2D eigenvalue weighted by Crippen LogP contribution is 2.12. The summed E-state index contributed by atoms with van der Waals surface area (Å²) in [5, 5.41) is 9.90. The number of ether oxygens (including phenoxy) is 2. The second-order valence-corrected chi connectivity index (χ2v) is 4.58. The predicted molar refractivity (Wildman–Crippen MR) is 76.6 cm³/mol. The Morgan fingerprint density at radius 3 is 2.40 bits per heavy atom. The largest absolute Gasteiger partial charge is 0.497 e. The van der Waals surface area contributed by atoms with Crippen molar-refractivity contribution in [3.8, 4) is 5.75 Å². The summed E-state index contributed by atoms with van der Waals surface area (Å²) in [6.45, 7) is 0.797. The first kappa shape index (κ1) is 14.5. The summed E-state index contributed by atoms with van der Waals surface area (Å²) in [5.41, 5.74) is 2.11. The van der Waals surface area contributed by atoms with Crippen LogP contribution >= 0.6 is 0 Å². The molecule has 1 unspecified atom stereocenters. The molecule has 0 aliphatic rings. The molecule has 2 rings (SSSR count). The highest BCUT2D eigenvalue weighted by atomic mass is 16.5. The van der Waals surface area contributed by atoms with E-state index >= 15 is 0 Å². The standard InChI is InChI=1S/C16H19NO3/c1-19-16-4-2-14(3-5-16)11-20-12-15(18)10-13-6-8-17-9-7-13/h2-9,15,18H,10-12H2,1H3. The minimum Gasteiger partial charge on any atom is -0.497 e. The van der Waals surface area contributed by atoms with Gasteiger partial charge in [0.15, 0.2) is 0 Å². The van der Waals surface area contributed by atoms with E-state index in [0.29, 0.717) is 19.6 Å². The van der Waals surface area contributed by atoms with Gasteiger partial charge in [0.1, 0.15) is 5.75 Å². The van der Waals surface area contributed by atoms with Crippen molar-refractivity contribution in [2.45, 2.75) is 19.1 Å². The summed E-state index contributed by atoms with van der Waals surface area (Å²) in [6, 6.07) is 11.5. The SMILES string of the molecule is COc1ccc(COCC(O)Cc2ccncc2)cc1. The molecule has 0 aliphatic heterocycles. The van der Waals surface area contributed by atoms with Crippen LogP contribution < -0.4 is 4.74 Å². The Hall–Kier alpha value is -1.91. The average Bonchev–Trinajstić information content (AvgIpc) is 2.49. The van der Waals surface area contributed by atoms with E-state index in [-0.39, 0.29) is 0 Å². The first-order valence-electron chi connectivity index (χ1n) is 6.55. The molecule has 4 heteroatoms. The lowest BCUT2D eigenvalue weighted by Gasteiger charge is -2.11. The zero-order chi connectivity index (χ0) is 14.2. The molecule has 20 heavy (non-hydrogen) atoms. The smallest absolute Gasteiger partial charge is 0.118 e. The second-order valence-electron chi connectivity index (χ2n) is 4.58. The molecule has 1 aromatic carbocycles. The van der Waals surface area contributed by atoms with E-state index in [1.54, 1.807) is 19.5 Å². The molecule has 0 spiro atoms. The van der Waals surface area contributed by atoms with Gasteiger partial charge in [-0.1, -0.05) is 12.1 Å².